The molecule has 2 heteroatoms. The lowest BCUT2D eigenvalue weighted by molar-refractivity contribution is 0.448. The molecule has 0 aliphatic heterocycles. The van der Waals surface area contributed by atoms with Crippen molar-refractivity contribution in [2.45, 2.75) is 27.7 Å². The van der Waals surface area contributed by atoms with Gasteiger partial charge in [-0.05, 0) is 68.7 Å². The molecule has 3 aromatic rings. The Hall–Kier alpha value is -2.74. The molecule has 0 saturated carbocycles. The van der Waals surface area contributed by atoms with E-state index in [0.717, 1.165) is 39.7 Å². The Kier molecular flexibility index (Phi) is 4.57. The van der Waals surface area contributed by atoms with E-state index >= 15 is 0 Å². The lowest BCUT2D eigenvalue weighted by atomic mass is 9.98. The smallest absolute Gasteiger partial charge is 0.137 e. The van der Waals surface area contributed by atoms with E-state index in [2.05, 4.69) is 27.7 Å². The van der Waals surface area contributed by atoms with Crippen molar-refractivity contribution in [2.75, 3.05) is 0 Å². The molecule has 0 unspecified atom stereocenters. The molecule has 0 N–H and O–H groups in total. The van der Waals surface area contributed by atoms with Crippen molar-refractivity contribution in [3.05, 3.63) is 82.9 Å². The first-order valence-corrected chi connectivity index (χ1v) is 8.14. The van der Waals surface area contributed by atoms with Gasteiger partial charge in [-0.15, -0.1) is 0 Å². The second kappa shape index (κ2) is 6.79. The maximum absolute atomic E-state index is 6.17. The average molecular weight is 318 g/mol. The molecule has 0 amide bonds. The fourth-order valence-corrected chi connectivity index (χ4v) is 2.81. The molecule has 0 radical (unpaired) electrons. The number of rotatable bonds is 4. The highest BCUT2D eigenvalue weighted by molar-refractivity contribution is 5.59. The number of benzene rings is 3. The van der Waals surface area contributed by atoms with Crippen molar-refractivity contribution in [2.24, 2.45) is 0 Å². The van der Waals surface area contributed by atoms with Crippen molar-refractivity contribution in [1.82, 2.24) is 0 Å². The van der Waals surface area contributed by atoms with Crippen molar-refractivity contribution in [1.29, 1.82) is 0 Å². The number of ether oxygens (including phenoxy) is 2. The third-order valence-corrected chi connectivity index (χ3v) is 4.41. The molecule has 0 bridgehead atoms. The lowest BCUT2D eigenvalue weighted by Crippen LogP contribution is -2.00. The lowest BCUT2D eigenvalue weighted by Gasteiger charge is -2.20. The summed E-state index contributed by atoms with van der Waals surface area (Å²) in [6.07, 6.45) is 0. The zero-order chi connectivity index (χ0) is 17.1. The molecule has 24 heavy (non-hydrogen) atoms. The number of hydrogen-bond donors (Lipinski definition) is 0. The molecule has 122 valence electrons. The highest BCUT2D eigenvalue weighted by Gasteiger charge is 2.18. The second-order valence-corrected chi connectivity index (χ2v) is 5.99. The minimum absolute atomic E-state index is 0.831. The van der Waals surface area contributed by atoms with Crippen LogP contribution in [0.5, 0.6) is 23.0 Å². The summed E-state index contributed by atoms with van der Waals surface area (Å²) in [5, 5.41) is 0. The molecule has 0 aromatic heterocycles. The van der Waals surface area contributed by atoms with Gasteiger partial charge in [0.25, 0.3) is 0 Å². The molecule has 0 heterocycles. The fourth-order valence-electron chi connectivity index (χ4n) is 2.81. The van der Waals surface area contributed by atoms with E-state index < -0.39 is 0 Å². The van der Waals surface area contributed by atoms with E-state index in [9.17, 15) is 0 Å². The van der Waals surface area contributed by atoms with Gasteiger partial charge in [0.2, 0.25) is 0 Å². The molecule has 0 spiro atoms. The van der Waals surface area contributed by atoms with Gasteiger partial charge in [0, 0.05) is 5.56 Å². The van der Waals surface area contributed by atoms with Gasteiger partial charge in [-0.25, -0.2) is 0 Å². The molecular formula is C22H22O2. The van der Waals surface area contributed by atoms with Gasteiger partial charge in [0.1, 0.15) is 23.0 Å². The van der Waals surface area contributed by atoms with Crippen molar-refractivity contribution >= 4 is 0 Å². The van der Waals surface area contributed by atoms with Crippen LogP contribution in [0.1, 0.15) is 22.3 Å². The Morgan fingerprint density at radius 1 is 0.458 bits per heavy atom. The van der Waals surface area contributed by atoms with Crippen LogP contribution in [0.15, 0.2) is 60.7 Å². The fraction of sp³-hybridized carbons (Fsp3) is 0.182. The van der Waals surface area contributed by atoms with Crippen LogP contribution >= 0.6 is 0 Å². The highest BCUT2D eigenvalue weighted by atomic mass is 16.5. The van der Waals surface area contributed by atoms with E-state index in [-0.39, 0.29) is 0 Å². The van der Waals surface area contributed by atoms with Crippen LogP contribution in [-0.2, 0) is 0 Å². The molecule has 0 aliphatic rings. The van der Waals surface area contributed by atoms with Gasteiger partial charge in [0.15, 0.2) is 0 Å². The summed E-state index contributed by atoms with van der Waals surface area (Å²) in [6.45, 7) is 8.36. The second-order valence-electron chi connectivity index (χ2n) is 5.99. The Morgan fingerprint density at radius 2 is 0.833 bits per heavy atom. The Bertz CT molecular complexity index is 768. The summed E-state index contributed by atoms with van der Waals surface area (Å²) >= 11 is 0. The normalized spacial score (nSPS) is 10.5. The van der Waals surface area contributed by atoms with Gasteiger partial charge in [-0.2, -0.15) is 0 Å². The SMILES string of the molecule is Cc1c(C)c(Oc2ccccc2)c(C)c(Oc2ccccc2)c1C. The first-order valence-electron chi connectivity index (χ1n) is 8.14. The Morgan fingerprint density at radius 3 is 1.21 bits per heavy atom. The highest BCUT2D eigenvalue weighted by Crippen LogP contribution is 2.41. The maximum atomic E-state index is 6.17. The summed E-state index contributed by atoms with van der Waals surface area (Å²) in [4.78, 5) is 0. The molecule has 0 saturated heterocycles. The quantitative estimate of drug-likeness (QED) is 0.546. The summed E-state index contributed by atoms with van der Waals surface area (Å²) in [7, 11) is 0. The van der Waals surface area contributed by atoms with Crippen LogP contribution < -0.4 is 9.47 Å². The molecule has 0 aliphatic carbocycles. The monoisotopic (exact) mass is 318 g/mol. The summed E-state index contributed by atoms with van der Waals surface area (Å²) in [6, 6.07) is 19.7. The first-order chi connectivity index (χ1) is 11.6. The third kappa shape index (κ3) is 3.13. The van der Waals surface area contributed by atoms with E-state index in [1.54, 1.807) is 0 Å². The van der Waals surface area contributed by atoms with Crippen LogP contribution in [0, 0.1) is 27.7 Å². The number of hydrogen-bond acceptors (Lipinski definition) is 2. The summed E-state index contributed by atoms with van der Waals surface area (Å²) in [5.74, 6) is 3.40. The molecule has 3 rings (SSSR count). The molecule has 0 fully saturated rings. The van der Waals surface area contributed by atoms with Crippen LogP contribution in [0.25, 0.3) is 0 Å². The van der Waals surface area contributed by atoms with E-state index in [1.165, 1.54) is 5.56 Å². The predicted octanol–water partition coefficient (Wildman–Crippen LogP) is 6.50. The van der Waals surface area contributed by atoms with Crippen LogP contribution in [-0.4, -0.2) is 0 Å². The van der Waals surface area contributed by atoms with Gasteiger partial charge in [-0.1, -0.05) is 36.4 Å². The predicted molar refractivity (Wildman–Crippen MR) is 98.4 cm³/mol. The topological polar surface area (TPSA) is 18.5 Å². The maximum Gasteiger partial charge on any atom is 0.137 e. The Balaban J connectivity index is 2.06. The van der Waals surface area contributed by atoms with Crippen molar-refractivity contribution in [3.63, 3.8) is 0 Å². The van der Waals surface area contributed by atoms with E-state index in [4.69, 9.17) is 9.47 Å². The largest absolute Gasteiger partial charge is 0.457 e. The van der Waals surface area contributed by atoms with Crippen LogP contribution in [0.2, 0.25) is 0 Å². The first kappa shape index (κ1) is 16.1. The summed E-state index contributed by atoms with van der Waals surface area (Å²) in [5.41, 5.74) is 4.50. The van der Waals surface area contributed by atoms with Crippen LogP contribution in [0.4, 0.5) is 0 Å². The van der Waals surface area contributed by atoms with E-state index in [0.29, 0.717) is 0 Å². The standard InChI is InChI=1S/C22H22O2/c1-15-16(2)21(23-19-11-7-5-8-12-19)18(4)22(17(15)3)24-20-13-9-6-10-14-20/h5-14H,1-4H3. The molecule has 2 nitrogen and oxygen atoms in total. The summed E-state index contributed by atoms with van der Waals surface area (Å²) < 4.78 is 12.3. The third-order valence-electron chi connectivity index (χ3n) is 4.41. The molecule has 0 atom stereocenters. The van der Waals surface area contributed by atoms with Crippen molar-refractivity contribution < 1.29 is 9.47 Å². The average Bonchev–Trinajstić information content (AvgIpc) is 2.62. The van der Waals surface area contributed by atoms with E-state index in [1.807, 2.05) is 60.7 Å². The molecular weight excluding hydrogens is 296 g/mol. The van der Waals surface area contributed by atoms with Gasteiger partial charge < -0.3 is 9.47 Å². The number of para-hydroxylation sites is 2. The zero-order valence-electron chi connectivity index (χ0n) is 14.6. The van der Waals surface area contributed by atoms with Gasteiger partial charge in [0.05, 0.1) is 0 Å². The van der Waals surface area contributed by atoms with Gasteiger partial charge >= 0.3 is 0 Å². The zero-order valence-corrected chi connectivity index (χ0v) is 14.6. The van der Waals surface area contributed by atoms with Gasteiger partial charge in [-0.3, -0.25) is 0 Å². The minimum atomic E-state index is 0.831. The minimum Gasteiger partial charge on any atom is -0.457 e. The van der Waals surface area contributed by atoms with Crippen molar-refractivity contribution in [3.8, 4) is 23.0 Å². The molecule has 3 aromatic carbocycles. The van der Waals surface area contributed by atoms with Crippen LogP contribution in [0.3, 0.4) is 0 Å². The Labute approximate surface area is 143 Å².